The molecule has 1 rings (SSSR count). The minimum atomic E-state index is -4.24. The lowest BCUT2D eigenvalue weighted by Gasteiger charge is -2.18. The smallest absolute Gasteiger partial charge is 0.382 e. The van der Waals surface area contributed by atoms with Crippen LogP contribution in [0.2, 0.25) is 0 Å². The first-order valence-corrected chi connectivity index (χ1v) is 5.27. The third-order valence-electron chi connectivity index (χ3n) is 2.36. The Bertz CT molecular complexity index is 446. The minimum Gasteiger partial charge on any atom is -0.382 e. The predicted octanol–water partition coefficient (Wildman–Crippen LogP) is 3.66. The topological polar surface area (TPSA) is 55.2 Å². The van der Waals surface area contributed by atoms with Gasteiger partial charge in [-0.1, -0.05) is 0 Å². The summed E-state index contributed by atoms with van der Waals surface area (Å²) in [5.74, 6) is 0. The standard InChI is InChI=1S/C11H13F3N2O2/c1-7-5-9(16(17)18)3-4-10(7)15-8(2)6-11(12,13)14/h3-5,8,15H,6H2,1-2H3. The number of rotatable bonds is 4. The lowest BCUT2D eigenvalue weighted by Crippen LogP contribution is -2.24. The highest BCUT2D eigenvalue weighted by Gasteiger charge is 2.30. The molecule has 1 aromatic rings. The maximum Gasteiger partial charge on any atom is 0.391 e. The van der Waals surface area contributed by atoms with Crippen molar-refractivity contribution < 1.29 is 18.1 Å². The van der Waals surface area contributed by atoms with Crippen molar-refractivity contribution in [3.63, 3.8) is 0 Å². The highest BCUT2D eigenvalue weighted by molar-refractivity contribution is 5.55. The fraction of sp³-hybridized carbons (Fsp3) is 0.455. The first-order valence-electron chi connectivity index (χ1n) is 5.27. The zero-order valence-corrected chi connectivity index (χ0v) is 9.91. The Hall–Kier alpha value is -1.79. The lowest BCUT2D eigenvalue weighted by molar-refractivity contribution is -0.384. The second kappa shape index (κ2) is 5.24. The van der Waals surface area contributed by atoms with Crippen molar-refractivity contribution in [2.45, 2.75) is 32.5 Å². The molecule has 0 amide bonds. The van der Waals surface area contributed by atoms with Gasteiger partial charge in [-0.2, -0.15) is 13.2 Å². The zero-order chi connectivity index (χ0) is 13.9. The molecule has 0 radical (unpaired) electrons. The van der Waals surface area contributed by atoms with Crippen LogP contribution in [0.15, 0.2) is 18.2 Å². The van der Waals surface area contributed by atoms with Gasteiger partial charge in [-0.3, -0.25) is 10.1 Å². The van der Waals surface area contributed by atoms with E-state index in [1.54, 1.807) is 6.92 Å². The average molecular weight is 262 g/mol. The molecule has 1 atom stereocenters. The van der Waals surface area contributed by atoms with Crippen molar-refractivity contribution in [3.05, 3.63) is 33.9 Å². The SMILES string of the molecule is Cc1cc([N+](=O)[O-])ccc1NC(C)CC(F)(F)F. The molecule has 0 bridgehead atoms. The van der Waals surface area contributed by atoms with E-state index >= 15 is 0 Å². The summed E-state index contributed by atoms with van der Waals surface area (Å²) in [6.07, 6.45) is -5.19. The number of hydrogen-bond donors (Lipinski definition) is 1. The van der Waals surface area contributed by atoms with Crippen LogP contribution in [-0.2, 0) is 0 Å². The number of anilines is 1. The second-order valence-electron chi connectivity index (χ2n) is 4.12. The number of benzene rings is 1. The monoisotopic (exact) mass is 262 g/mol. The Balaban J connectivity index is 2.77. The van der Waals surface area contributed by atoms with E-state index < -0.39 is 23.6 Å². The first-order chi connectivity index (χ1) is 8.19. The van der Waals surface area contributed by atoms with Gasteiger partial charge < -0.3 is 5.32 Å². The molecule has 0 aliphatic heterocycles. The molecule has 0 saturated heterocycles. The largest absolute Gasteiger partial charge is 0.391 e. The Kier molecular flexibility index (Phi) is 4.15. The zero-order valence-electron chi connectivity index (χ0n) is 9.91. The molecule has 0 fully saturated rings. The van der Waals surface area contributed by atoms with Crippen molar-refractivity contribution in [2.75, 3.05) is 5.32 Å². The van der Waals surface area contributed by atoms with Crippen LogP contribution < -0.4 is 5.32 Å². The Labute approximate surface area is 102 Å². The van der Waals surface area contributed by atoms with Crippen molar-refractivity contribution in [3.8, 4) is 0 Å². The Morgan fingerprint density at radius 2 is 2.06 bits per heavy atom. The Morgan fingerprint density at radius 1 is 1.44 bits per heavy atom. The molecule has 0 aliphatic rings. The molecule has 7 heteroatoms. The van der Waals surface area contributed by atoms with Crippen LogP contribution in [0.25, 0.3) is 0 Å². The highest BCUT2D eigenvalue weighted by Crippen LogP contribution is 2.26. The van der Waals surface area contributed by atoms with Gasteiger partial charge in [-0.05, 0) is 25.5 Å². The molecule has 0 saturated carbocycles. The van der Waals surface area contributed by atoms with Gasteiger partial charge in [0.2, 0.25) is 0 Å². The molecular weight excluding hydrogens is 249 g/mol. The van der Waals surface area contributed by atoms with Crippen molar-refractivity contribution >= 4 is 11.4 Å². The van der Waals surface area contributed by atoms with Gasteiger partial charge in [0.15, 0.2) is 0 Å². The van der Waals surface area contributed by atoms with Gasteiger partial charge in [0.25, 0.3) is 5.69 Å². The first kappa shape index (κ1) is 14.3. The quantitative estimate of drug-likeness (QED) is 0.665. The fourth-order valence-electron chi connectivity index (χ4n) is 1.59. The van der Waals surface area contributed by atoms with Crippen LogP contribution in [0.4, 0.5) is 24.5 Å². The molecule has 1 N–H and O–H groups in total. The number of alkyl halides is 3. The predicted molar refractivity (Wildman–Crippen MR) is 61.6 cm³/mol. The molecule has 0 spiro atoms. The highest BCUT2D eigenvalue weighted by atomic mass is 19.4. The number of nitro groups is 1. The molecule has 100 valence electrons. The molecule has 4 nitrogen and oxygen atoms in total. The molecule has 0 aromatic heterocycles. The maximum absolute atomic E-state index is 12.1. The van der Waals surface area contributed by atoms with Gasteiger partial charge in [-0.25, -0.2) is 0 Å². The van der Waals surface area contributed by atoms with E-state index in [1.807, 2.05) is 0 Å². The van der Waals surface area contributed by atoms with Gasteiger partial charge in [0.05, 0.1) is 11.3 Å². The lowest BCUT2D eigenvalue weighted by atomic mass is 10.1. The van der Waals surface area contributed by atoms with Crippen LogP contribution in [-0.4, -0.2) is 17.1 Å². The molecule has 1 unspecified atom stereocenters. The van der Waals surface area contributed by atoms with Crippen molar-refractivity contribution in [1.29, 1.82) is 0 Å². The number of nitro benzene ring substituents is 1. The number of halogens is 3. The van der Waals surface area contributed by atoms with Crippen LogP contribution in [0.5, 0.6) is 0 Å². The summed E-state index contributed by atoms with van der Waals surface area (Å²) < 4.78 is 36.4. The van der Waals surface area contributed by atoms with Crippen LogP contribution in [0.1, 0.15) is 18.9 Å². The van der Waals surface area contributed by atoms with E-state index in [4.69, 9.17) is 0 Å². The van der Waals surface area contributed by atoms with Gasteiger partial charge >= 0.3 is 6.18 Å². The number of nitrogens with zero attached hydrogens (tertiary/aromatic N) is 1. The normalized spacial score (nSPS) is 13.2. The van der Waals surface area contributed by atoms with Gasteiger partial charge in [0, 0.05) is 23.9 Å². The summed E-state index contributed by atoms with van der Waals surface area (Å²) in [6.45, 7) is 3.02. The second-order valence-corrected chi connectivity index (χ2v) is 4.12. The maximum atomic E-state index is 12.1. The fourth-order valence-corrected chi connectivity index (χ4v) is 1.59. The molecular formula is C11H13F3N2O2. The summed E-state index contributed by atoms with van der Waals surface area (Å²) in [5, 5.41) is 13.2. The van der Waals surface area contributed by atoms with E-state index in [1.165, 1.54) is 25.1 Å². The summed E-state index contributed by atoms with van der Waals surface area (Å²) in [4.78, 5) is 9.96. The molecule has 1 aromatic carbocycles. The summed E-state index contributed by atoms with van der Waals surface area (Å²) in [7, 11) is 0. The summed E-state index contributed by atoms with van der Waals surface area (Å²) >= 11 is 0. The summed E-state index contributed by atoms with van der Waals surface area (Å²) in [5.41, 5.74) is 0.928. The number of hydrogen-bond acceptors (Lipinski definition) is 3. The van der Waals surface area contributed by atoms with Crippen LogP contribution in [0, 0.1) is 17.0 Å². The minimum absolute atomic E-state index is 0.0819. The van der Waals surface area contributed by atoms with Crippen molar-refractivity contribution in [2.24, 2.45) is 0 Å². The van der Waals surface area contributed by atoms with E-state index in [9.17, 15) is 23.3 Å². The van der Waals surface area contributed by atoms with Gasteiger partial charge in [-0.15, -0.1) is 0 Å². The van der Waals surface area contributed by atoms with Crippen LogP contribution >= 0.6 is 0 Å². The molecule has 18 heavy (non-hydrogen) atoms. The van der Waals surface area contributed by atoms with Gasteiger partial charge in [0.1, 0.15) is 0 Å². The number of non-ortho nitro benzene ring substituents is 1. The molecule has 0 heterocycles. The average Bonchev–Trinajstić information content (AvgIpc) is 2.17. The van der Waals surface area contributed by atoms with Crippen LogP contribution in [0.3, 0.4) is 0 Å². The van der Waals surface area contributed by atoms with E-state index in [-0.39, 0.29) is 5.69 Å². The van der Waals surface area contributed by atoms with E-state index in [2.05, 4.69) is 5.32 Å². The number of nitrogens with one attached hydrogen (secondary N) is 1. The molecule has 0 aliphatic carbocycles. The third-order valence-corrected chi connectivity index (χ3v) is 2.36. The Morgan fingerprint density at radius 3 is 2.50 bits per heavy atom. The third kappa shape index (κ3) is 4.23. The van der Waals surface area contributed by atoms with Crippen molar-refractivity contribution in [1.82, 2.24) is 0 Å². The number of aryl methyl sites for hydroxylation is 1. The summed E-state index contributed by atoms with van der Waals surface area (Å²) in [6, 6.07) is 3.21. The van der Waals surface area contributed by atoms with E-state index in [0.29, 0.717) is 11.3 Å². The van der Waals surface area contributed by atoms with E-state index in [0.717, 1.165) is 0 Å².